The molecule has 0 fully saturated rings. The number of aromatic nitrogens is 1. The van der Waals surface area contributed by atoms with E-state index in [2.05, 4.69) is 10.3 Å². The SMILES string of the molecule is Cc1cc(C(=O)O)cc(NC(C)(C)C(C)(C)O)n1. The minimum absolute atomic E-state index is 0.177. The summed E-state index contributed by atoms with van der Waals surface area (Å²) in [4.78, 5) is 15.2. The van der Waals surface area contributed by atoms with E-state index < -0.39 is 17.1 Å². The first kappa shape index (κ1) is 14.4. The largest absolute Gasteiger partial charge is 0.478 e. The lowest BCUT2D eigenvalue weighted by molar-refractivity contribution is 0.0239. The van der Waals surface area contributed by atoms with Crippen molar-refractivity contribution in [1.29, 1.82) is 0 Å². The first-order valence-corrected chi connectivity index (χ1v) is 5.75. The van der Waals surface area contributed by atoms with Crippen LogP contribution in [0.15, 0.2) is 12.1 Å². The Morgan fingerprint density at radius 1 is 1.28 bits per heavy atom. The van der Waals surface area contributed by atoms with Crippen molar-refractivity contribution in [3.05, 3.63) is 23.4 Å². The van der Waals surface area contributed by atoms with Gasteiger partial charge in [-0.05, 0) is 46.8 Å². The molecule has 0 saturated carbocycles. The van der Waals surface area contributed by atoms with Gasteiger partial charge in [-0.15, -0.1) is 0 Å². The molecule has 0 radical (unpaired) electrons. The van der Waals surface area contributed by atoms with Crippen molar-refractivity contribution in [2.45, 2.75) is 45.8 Å². The first-order valence-electron chi connectivity index (χ1n) is 5.75. The van der Waals surface area contributed by atoms with E-state index in [0.29, 0.717) is 11.5 Å². The monoisotopic (exact) mass is 252 g/mol. The highest BCUT2D eigenvalue weighted by molar-refractivity contribution is 5.88. The third kappa shape index (κ3) is 3.20. The lowest BCUT2D eigenvalue weighted by Gasteiger charge is -2.38. The maximum absolute atomic E-state index is 11.0. The highest BCUT2D eigenvalue weighted by Gasteiger charge is 2.35. The molecular formula is C13H20N2O3. The molecular weight excluding hydrogens is 232 g/mol. The molecule has 1 rings (SSSR count). The third-order valence-corrected chi connectivity index (χ3v) is 3.17. The molecule has 0 aliphatic heterocycles. The quantitative estimate of drug-likeness (QED) is 0.764. The predicted octanol–water partition coefficient (Wildman–Crippen LogP) is 2.05. The Labute approximate surface area is 107 Å². The van der Waals surface area contributed by atoms with E-state index in [1.165, 1.54) is 12.1 Å². The molecule has 18 heavy (non-hydrogen) atoms. The Balaban J connectivity index is 3.09. The zero-order valence-electron chi connectivity index (χ0n) is 11.4. The maximum atomic E-state index is 11.0. The molecule has 5 nitrogen and oxygen atoms in total. The summed E-state index contributed by atoms with van der Waals surface area (Å²) >= 11 is 0. The van der Waals surface area contributed by atoms with Gasteiger partial charge in [-0.1, -0.05) is 0 Å². The lowest BCUT2D eigenvalue weighted by Crippen LogP contribution is -2.51. The topological polar surface area (TPSA) is 82.5 Å². The van der Waals surface area contributed by atoms with Crippen molar-refractivity contribution in [3.8, 4) is 0 Å². The Hall–Kier alpha value is -1.62. The number of rotatable bonds is 4. The van der Waals surface area contributed by atoms with Crippen LogP contribution in [0.3, 0.4) is 0 Å². The van der Waals surface area contributed by atoms with Crippen LogP contribution in [0, 0.1) is 6.92 Å². The van der Waals surface area contributed by atoms with E-state index >= 15 is 0 Å². The van der Waals surface area contributed by atoms with Gasteiger partial charge in [0.1, 0.15) is 5.82 Å². The summed E-state index contributed by atoms with van der Waals surface area (Å²) in [5.41, 5.74) is -0.814. The van der Waals surface area contributed by atoms with E-state index in [-0.39, 0.29) is 5.56 Å². The van der Waals surface area contributed by atoms with Crippen LogP contribution in [0.4, 0.5) is 5.82 Å². The Kier molecular flexibility index (Phi) is 3.67. The fourth-order valence-electron chi connectivity index (χ4n) is 1.33. The summed E-state index contributed by atoms with van der Waals surface area (Å²) in [5, 5.41) is 22.1. The van der Waals surface area contributed by atoms with Crippen LogP contribution in [0.25, 0.3) is 0 Å². The number of nitrogens with zero attached hydrogens (tertiary/aromatic N) is 1. The summed E-state index contributed by atoms with van der Waals surface area (Å²) in [6.07, 6.45) is 0. The van der Waals surface area contributed by atoms with Gasteiger partial charge in [-0.2, -0.15) is 0 Å². The summed E-state index contributed by atoms with van der Waals surface area (Å²) in [7, 11) is 0. The number of aliphatic hydroxyl groups is 1. The normalized spacial score (nSPS) is 12.3. The van der Waals surface area contributed by atoms with Gasteiger partial charge in [0.25, 0.3) is 0 Å². The fraction of sp³-hybridized carbons (Fsp3) is 0.538. The number of anilines is 1. The second kappa shape index (κ2) is 4.57. The van der Waals surface area contributed by atoms with Gasteiger partial charge in [0.2, 0.25) is 0 Å². The van der Waals surface area contributed by atoms with Gasteiger partial charge in [0.05, 0.1) is 16.7 Å². The van der Waals surface area contributed by atoms with Crippen LogP contribution in [0.5, 0.6) is 0 Å². The highest BCUT2D eigenvalue weighted by Crippen LogP contribution is 2.25. The third-order valence-electron chi connectivity index (χ3n) is 3.17. The Morgan fingerprint density at radius 2 is 1.83 bits per heavy atom. The summed E-state index contributed by atoms with van der Waals surface area (Å²) in [5.74, 6) is -0.552. The van der Waals surface area contributed by atoms with E-state index in [1.807, 2.05) is 13.8 Å². The molecule has 0 aromatic carbocycles. The molecule has 0 aliphatic carbocycles. The molecule has 3 N–H and O–H groups in total. The molecule has 0 unspecified atom stereocenters. The molecule has 0 bridgehead atoms. The van der Waals surface area contributed by atoms with Crippen LogP contribution < -0.4 is 5.32 Å². The van der Waals surface area contributed by atoms with Crippen LogP contribution in [0.1, 0.15) is 43.7 Å². The average Bonchev–Trinajstić information content (AvgIpc) is 2.13. The van der Waals surface area contributed by atoms with Gasteiger partial charge < -0.3 is 15.5 Å². The van der Waals surface area contributed by atoms with Crippen molar-refractivity contribution in [2.24, 2.45) is 0 Å². The standard InChI is InChI=1S/C13H20N2O3/c1-8-6-9(11(16)17)7-10(14-8)15-12(2,3)13(4,5)18/h6-7,18H,1-5H3,(H,14,15)(H,16,17). The molecule has 0 spiro atoms. The van der Waals surface area contributed by atoms with Crippen molar-refractivity contribution in [2.75, 3.05) is 5.32 Å². The van der Waals surface area contributed by atoms with Crippen molar-refractivity contribution >= 4 is 11.8 Å². The number of aryl methyl sites for hydroxylation is 1. The molecule has 1 aromatic rings. The summed E-state index contributed by atoms with van der Waals surface area (Å²) in [6.45, 7) is 8.77. The fourth-order valence-corrected chi connectivity index (χ4v) is 1.33. The van der Waals surface area contributed by atoms with Crippen molar-refractivity contribution < 1.29 is 15.0 Å². The first-order chi connectivity index (χ1) is 8.03. The van der Waals surface area contributed by atoms with Gasteiger partial charge in [-0.25, -0.2) is 9.78 Å². The smallest absolute Gasteiger partial charge is 0.335 e. The van der Waals surface area contributed by atoms with E-state index in [1.54, 1.807) is 20.8 Å². The average molecular weight is 252 g/mol. The van der Waals surface area contributed by atoms with Crippen molar-refractivity contribution in [3.63, 3.8) is 0 Å². The van der Waals surface area contributed by atoms with Gasteiger partial charge >= 0.3 is 5.97 Å². The molecule has 1 heterocycles. The maximum Gasteiger partial charge on any atom is 0.335 e. The number of carboxylic acid groups (broad SMARTS) is 1. The molecule has 0 aliphatic rings. The van der Waals surface area contributed by atoms with Crippen LogP contribution >= 0.6 is 0 Å². The van der Waals surface area contributed by atoms with Gasteiger partial charge in [-0.3, -0.25) is 0 Å². The van der Waals surface area contributed by atoms with Crippen LogP contribution in [-0.2, 0) is 0 Å². The van der Waals surface area contributed by atoms with Crippen LogP contribution in [0.2, 0.25) is 0 Å². The minimum atomic E-state index is -0.996. The molecule has 0 saturated heterocycles. The number of hydrogen-bond acceptors (Lipinski definition) is 4. The molecule has 1 aromatic heterocycles. The number of aromatic carboxylic acids is 1. The molecule has 5 heteroatoms. The zero-order valence-corrected chi connectivity index (χ0v) is 11.4. The highest BCUT2D eigenvalue weighted by atomic mass is 16.4. The van der Waals surface area contributed by atoms with Crippen molar-refractivity contribution in [1.82, 2.24) is 4.98 Å². The van der Waals surface area contributed by atoms with E-state index in [9.17, 15) is 9.90 Å². The molecule has 0 atom stereocenters. The number of carboxylic acids is 1. The van der Waals surface area contributed by atoms with E-state index in [4.69, 9.17) is 5.11 Å². The van der Waals surface area contributed by atoms with Crippen LogP contribution in [-0.4, -0.2) is 32.3 Å². The van der Waals surface area contributed by atoms with Gasteiger partial charge in [0.15, 0.2) is 0 Å². The number of carbonyl (C=O) groups is 1. The van der Waals surface area contributed by atoms with E-state index in [0.717, 1.165) is 0 Å². The number of pyridine rings is 1. The molecule has 100 valence electrons. The summed E-state index contributed by atoms with van der Waals surface area (Å²) in [6, 6.07) is 2.97. The zero-order chi connectivity index (χ0) is 14.1. The van der Waals surface area contributed by atoms with Gasteiger partial charge in [0, 0.05) is 5.69 Å². The predicted molar refractivity (Wildman–Crippen MR) is 69.9 cm³/mol. The number of nitrogens with one attached hydrogen (secondary N) is 1. The minimum Gasteiger partial charge on any atom is -0.478 e. The second-order valence-corrected chi connectivity index (χ2v) is 5.50. The Morgan fingerprint density at radius 3 is 2.28 bits per heavy atom. The second-order valence-electron chi connectivity index (χ2n) is 5.50. The number of hydrogen-bond donors (Lipinski definition) is 3. The summed E-state index contributed by atoms with van der Waals surface area (Å²) < 4.78 is 0. The Bertz CT molecular complexity index is 462. The lowest BCUT2D eigenvalue weighted by atomic mass is 9.86. The molecule has 0 amide bonds.